The molecule has 8 heteroatoms. The van der Waals surface area contributed by atoms with Crippen molar-refractivity contribution in [3.63, 3.8) is 0 Å². The van der Waals surface area contributed by atoms with Crippen LogP contribution in [-0.2, 0) is 16.4 Å². The summed E-state index contributed by atoms with van der Waals surface area (Å²) in [6.07, 6.45) is 1.01. The molecule has 1 aromatic heterocycles. The van der Waals surface area contributed by atoms with Crippen molar-refractivity contribution in [2.24, 2.45) is 0 Å². The SMILES string of the molecule is CS(=O)(=O)c1oc(CN2CCN(c3ccccc3)CC2)nc1C#N. The second-order valence-corrected chi connectivity index (χ2v) is 7.64. The predicted octanol–water partition coefficient (Wildman–Crippen LogP) is 1.27. The average molecular weight is 346 g/mol. The standard InChI is InChI=1S/C16H18N4O3S/c1-24(21,22)16-14(11-17)18-15(23-16)12-19-7-9-20(10-8-19)13-5-3-2-4-6-13/h2-6H,7-10,12H2,1H3. The fourth-order valence-electron chi connectivity index (χ4n) is 2.73. The number of hydrogen-bond acceptors (Lipinski definition) is 7. The lowest BCUT2D eigenvalue weighted by atomic mass is 10.2. The average Bonchev–Trinajstić information content (AvgIpc) is 3.00. The Balaban J connectivity index is 1.65. The van der Waals surface area contributed by atoms with E-state index in [-0.39, 0.29) is 16.7 Å². The third kappa shape index (κ3) is 3.58. The first-order valence-corrected chi connectivity index (χ1v) is 9.49. The van der Waals surface area contributed by atoms with Crippen LogP contribution in [-0.4, -0.2) is 50.7 Å². The van der Waals surface area contributed by atoms with Crippen LogP contribution in [0.25, 0.3) is 0 Å². The topological polar surface area (TPSA) is 90.4 Å². The minimum atomic E-state index is -3.59. The van der Waals surface area contributed by atoms with E-state index in [1.54, 1.807) is 6.07 Å². The lowest BCUT2D eigenvalue weighted by Gasteiger charge is -2.35. The number of benzene rings is 1. The van der Waals surface area contributed by atoms with E-state index < -0.39 is 9.84 Å². The molecule has 0 radical (unpaired) electrons. The van der Waals surface area contributed by atoms with Crippen molar-refractivity contribution in [3.8, 4) is 6.07 Å². The van der Waals surface area contributed by atoms with Crippen LogP contribution in [0.2, 0.25) is 0 Å². The van der Waals surface area contributed by atoms with E-state index in [4.69, 9.17) is 9.68 Å². The highest BCUT2D eigenvalue weighted by molar-refractivity contribution is 7.90. The largest absolute Gasteiger partial charge is 0.426 e. The molecule has 1 aliphatic rings. The van der Waals surface area contributed by atoms with Crippen LogP contribution in [0.3, 0.4) is 0 Å². The molecule has 126 valence electrons. The Kier molecular flexibility index (Phi) is 4.55. The summed E-state index contributed by atoms with van der Waals surface area (Å²) in [4.78, 5) is 8.44. The molecule has 7 nitrogen and oxygen atoms in total. The maximum absolute atomic E-state index is 11.6. The van der Waals surface area contributed by atoms with Crippen molar-refractivity contribution >= 4 is 15.5 Å². The highest BCUT2D eigenvalue weighted by Gasteiger charge is 2.24. The zero-order chi connectivity index (χ0) is 17.2. The summed E-state index contributed by atoms with van der Waals surface area (Å²) < 4.78 is 28.5. The van der Waals surface area contributed by atoms with Gasteiger partial charge in [0.05, 0.1) is 6.54 Å². The zero-order valence-electron chi connectivity index (χ0n) is 13.3. The van der Waals surface area contributed by atoms with Crippen molar-refractivity contribution < 1.29 is 12.8 Å². The first-order valence-electron chi connectivity index (χ1n) is 7.59. The van der Waals surface area contributed by atoms with Crippen LogP contribution < -0.4 is 4.90 Å². The van der Waals surface area contributed by atoms with Gasteiger partial charge in [-0.2, -0.15) is 5.26 Å². The molecule has 0 aliphatic carbocycles. The summed E-state index contributed by atoms with van der Waals surface area (Å²) >= 11 is 0. The number of aromatic nitrogens is 1. The molecule has 0 amide bonds. The summed E-state index contributed by atoms with van der Waals surface area (Å²) in [5.41, 5.74) is 1.02. The predicted molar refractivity (Wildman–Crippen MR) is 88.3 cm³/mol. The summed E-state index contributed by atoms with van der Waals surface area (Å²) in [6, 6.07) is 12.0. The number of rotatable bonds is 4. The van der Waals surface area contributed by atoms with Crippen molar-refractivity contribution in [1.82, 2.24) is 9.88 Å². The number of nitriles is 1. The number of anilines is 1. The third-order valence-corrected chi connectivity index (χ3v) is 4.89. The fraction of sp³-hybridized carbons (Fsp3) is 0.375. The number of para-hydroxylation sites is 1. The van der Waals surface area contributed by atoms with Gasteiger partial charge < -0.3 is 9.32 Å². The lowest BCUT2D eigenvalue weighted by molar-refractivity contribution is 0.220. The van der Waals surface area contributed by atoms with Crippen LogP contribution in [0.4, 0.5) is 5.69 Å². The molecule has 1 fully saturated rings. The van der Waals surface area contributed by atoms with Crippen LogP contribution in [0.1, 0.15) is 11.6 Å². The maximum atomic E-state index is 11.6. The normalized spacial score (nSPS) is 16.1. The van der Waals surface area contributed by atoms with E-state index in [1.165, 1.54) is 5.69 Å². The smallest absolute Gasteiger partial charge is 0.256 e. The van der Waals surface area contributed by atoms with Gasteiger partial charge in [-0.3, -0.25) is 4.90 Å². The highest BCUT2D eigenvalue weighted by Crippen LogP contribution is 2.20. The van der Waals surface area contributed by atoms with Gasteiger partial charge >= 0.3 is 0 Å². The van der Waals surface area contributed by atoms with Gasteiger partial charge in [-0.25, -0.2) is 13.4 Å². The summed E-state index contributed by atoms with van der Waals surface area (Å²) in [5.74, 6) is 0.264. The monoisotopic (exact) mass is 346 g/mol. The lowest BCUT2D eigenvalue weighted by Crippen LogP contribution is -2.46. The van der Waals surface area contributed by atoms with Crippen molar-refractivity contribution in [1.29, 1.82) is 5.26 Å². The van der Waals surface area contributed by atoms with Gasteiger partial charge in [-0.05, 0) is 12.1 Å². The summed E-state index contributed by atoms with van der Waals surface area (Å²) in [5, 5.41) is 8.66. The van der Waals surface area contributed by atoms with E-state index in [2.05, 4.69) is 26.9 Å². The molecule has 1 saturated heterocycles. The highest BCUT2D eigenvalue weighted by atomic mass is 32.2. The quantitative estimate of drug-likeness (QED) is 0.823. The number of piperazine rings is 1. The first-order chi connectivity index (χ1) is 11.5. The molecule has 0 spiro atoms. The molecule has 2 aromatic rings. The van der Waals surface area contributed by atoms with Crippen molar-refractivity contribution in [2.75, 3.05) is 37.3 Å². The molecule has 0 N–H and O–H groups in total. The fourth-order valence-corrected chi connectivity index (χ4v) is 3.42. The van der Waals surface area contributed by atoms with E-state index in [0.717, 1.165) is 32.4 Å². The molecule has 0 atom stereocenters. The minimum Gasteiger partial charge on any atom is -0.426 e. The Labute approximate surface area is 141 Å². The number of nitrogens with zero attached hydrogens (tertiary/aromatic N) is 4. The Hall–Kier alpha value is -2.37. The second kappa shape index (κ2) is 6.63. The van der Waals surface area contributed by atoms with Gasteiger partial charge in [0.1, 0.15) is 6.07 Å². The molecular weight excluding hydrogens is 328 g/mol. The van der Waals surface area contributed by atoms with Crippen LogP contribution >= 0.6 is 0 Å². The van der Waals surface area contributed by atoms with Crippen molar-refractivity contribution in [2.45, 2.75) is 11.6 Å². The molecule has 2 heterocycles. The Bertz CT molecular complexity index is 847. The van der Waals surface area contributed by atoms with Crippen LogP contribution in [0, 0.1) is 11.3 Å². The van der Waals surface area contributed by atoms with E-state index >= 15 is 0 Å². The summed E-state index contributed by atoms with van der Waals surface area (Å²) in [7, 11) is -3.59. The molecule has 3 rings (SSSR count). The van der Waals surface area contributed by atoms with Gasteiger partial charge in [0.2, 0.25) is 15.7 Å². The molecule has 1 aromatic carbocycles. The third-order valence-electron chi connectivity index (χ3n) is 3.94. The molecule has 0 unspecified atom stereocenters. The molecular formula is C16H18N4O3S. The van der Waals surface area contributed by atoms with E-state index in [1.807, 2.05) is 18.2 Å². The molecule has 0 bridgehead atoms. The van der Waals surface area contributed by atoms with Gasteiger partial charge in [-0.1, -0.05) is 18.2 Å². The van der Waals surface area contributed by atoms with E-state index in [9.17, 15) is 8.42 Å². The number of sulfone groups is 1. The second-order valence-electron chi connectivity index (χ2n) is 5.73. The number of hydrogen-bond donors (Lipinski definition) is 0. The zero-order valence-corrected chi connectivity index (χ0v) is 14.2. The van der Waals surface area contributed by atoms with Gasteiger partial charge in [-0.15, -0.1) is 0 Å². The Morgan fingerprint density at radius 2 is 1.88 bits per heavy atom. The number of oxazole rings is 1. The summed E-state index contributed by atoms with van der Waals surface area (Å²) in [6.45, 7) is 3.76. The van der Waals surface area contributed by atoms with Crippen LogP contribution in [0.5, 0.6) is 0 Å². The van der Waals surface area contributed by atoms with Gasteiger partial charge in [0.25, 0.3) is 5.09 Å². The Morgan fingerprint density at radius 1 is 1.21 bits per heavy atom. The van der Waals surface area contributed by atoms with Crippen LogP contribution in [0.15, 0.2) is 39.8 Å². The molecule has 0 saturated carbocycles. The van der Waals surface area contributed by atoms with Gasteiger partial charge in [0, 0.05) is 38.1 Å². The maximum Gasteiger partial charge on any atom is 0.256 e. The first kappa shape index (κ1) is 16.5. The van der Waals surface area contributed by atoms with Gasteiger partial charge in [0.15, 0.2) is 5.69 Å². The molecule has 24 heavy (non-hydrogen) atoms. The van der Waals surface area contributed by atoms with Crippen molar-refractivity contribution in [3.05, 3.63) is 41.9 Å². The minimum absolute atomic E-state index is 0.171. The Morgan fingerprint density at radius 3 is 2.42 bits per heavy atom. The van der Waals surface area contributed by atoms with E-state index in [0.29, 0.717) is 6.54 Å². The molecule has 1 aliphatic heterocycles.